The van der Waals surface area contributed by atoms with E-state index in [9.17, 15) is 9.59 Å². The van der Waals surface area contributed by atoms with Crippen molar-refractivity contribution in [2.24, 2.45) is 0 Å². The van der Waals surface area contributed by atoms with Crippen molar-refractivity contribution in [3.8, 4) is 5.75 Å². The second kappa shape index (κ2) is 10.9. The summed E-state index contributed by atoms with van der Waals surface area (Å²) in [4.78, 5) is 28.1. The number of methoxy groups -OCH3 is 1. The summed E-state index contributed by atoms with van der Waals surface area (Å²) in [5.74, 6) is 0.502. The molecule has 3 aromatic rings. The van der Waals surface area contributed by atoms with E-state index in [0.717, 1.165) is 30.6 Å². The molecule has 1 unspecified atom stereocenters. The van der Waals surface area contributed by atoms with Gasteiger partial charge in [-0.2, -0.15) is 5.10 Å². The lowest BCUT2D eigenvalue weighted by atomic mass is 10.1. The van der Waals surface area contributed by atoms with E-state index >= 15 is 0 Å². The normalized spacial score (nSPS) is 12.2. The SMILES string of the molecule is CCCCCn1nc(C(=O)NCC(c2ccc(OC)cc2)N(C)C)c2ccccc2c1=O. The van der Waals surface area contributed by atoms with Gasteiger partial charge in [0.25, 0.3) is 11.5 Å². The van der Waals surface area contributed by atoms with E-state index in [1.165, 1.54) is 4.68 Å². The van der Waals surface area contributed by atoms with Crippen LogP contribution in [0.25, 0.3) is 10.8 Å². The summed E-state index contributed by atoms with van der Waals surface area (Å²) in [7, 11) is 5.59. The molecule has 1 heterocycles. The molecule has 1 N–H and O–H groups in total. The summed E-state index contributed by atoms with van der Waals surface area (Å²) in [6.45, 7) is 3.02. The molecule has 7 heteroatoms. The van der Waals surface area contributed by atoms with E-state index in [1.807, 2.05) is 50.5 Å². The highest BCUT2D eigenvalue weighted by Crippen LogP contribution is 2.21. The molecule has 0 bridgehead atoms. The Morgan fingerprint density at radius 2 is 1.78 bits per heavy atom. The van der Waals surface area contributed by atoms with E-state index in [2.05, 4.69) is 22.2 Å². The lowest BCUT2D eigenvalue weighted by Gasteiger charge is -2.25. The summed E-state index contributed by atoms with van der Waals surface area (Å²) in [5.41, 5.74) is 1.19. The predicted octanol–water partition coefficient (Wildman–Crippen LogP) is 3.63. The molecular formula is C25H32N4O3. The van der Waals surface area contributed by atoms with Crippen LogP contribution < -0.4 is 15.6 Å². The fourth-order valence-corrected chi connectivity index (χ4v) is 3.76. The number of aryl methyl sites for hydroxylation is 1. The number of hydrogen-bond donors (Lipinski definition) is 1. The van der Waals surface area contributed by atoms with Gasteiger partial charge in [0, 0.05) is 18.5 Å². The smallest absolute Gasteiger partial charge is 0.274 e. The van der Waals surface area contributed by atoms with E-state index in [0.29, 0.717) is 23.9 Å². The van der Waals surface area contributed by atoms with Crippen molar-refractivity contribution in [1.82, 2.24) is 20.0 Å². The average Bonchev–Trinajstić information content (AvgIpc) is 2.81. The first kappa shape index (κ1) is 23.5. The minimum absolute atomic E-state index is 0.0217. The number of carbonyl (C=O) groups excluding carboxylic acids is 1. The molecule has 0 aliphatic heterocycles. The number of likely N-dealkylation sites (N-methyl/N-ethyl adjacent to an activating group) is 1. The van der Waals surface area contributed by atoms with Crippen LogP contribution in [-0.2, 0) is 6.54 Å². The van der Waals surface area contributed by atoms with Gasteiger partial charge in [-0.05, 0) is 44.3 Å². The van der Waals surface area contributed by atoms with Gasteiger partial charge in [0.1, 0.15) is 5.75 Å². The first-order chi connectivity index (χ1) is 15.5. The van der Waals surface area contributed by atoms with Crippen LogP contribution in [0.3, 0.4) is 0 Å². The molecule has 0 fully saturated rings. The number of rotatable bonds is 10. The largest absolute Gasteiger partial charge is 0.497 e. The number of nitrogens with one attached hydrogen (secondary N) is 1. The number of ether oxygens (including phenoxy) is 1. The highest BCUT2D eigenvalue weighted by molar-refractivity contribution is 6.04. The van der Waals surface area contributed by atoms with Gasteiger partial charge < -0.3 is 15.0 Å². The topological polar surface area (TPSA) is 76.5 Å². The van der Waals surface area contributed by atoms with Crippen molar-refractivity contribution in [3.05, 3.63) is 70.1 Å². The van der Waals surface area contributed by atoms with Crippen molar-refractivity contribution in [2.45, 2.75) is 38.8 Å². The number of aromatic nitrogens is 2. The molecule has 0 aliphatic carbocycles. The third-order valence-electron chi connectivity index (χ3n) is 5.64. The van der Waals surface area contributed by atoms with Crippen LogP contribution in [0.4, 0.5) is 0 Å². The third-order valence-corrected chi connectivity index (χ3v) is 5.64. The molecule has 0 radical (unpaired) electrons. The summed E-state index contributed by atoms with van der Waals surface area (Å²) in [5, 5.41) is 8.57. The lowest BCUT2D eigenvalue weighted by molar-refractivity contribution is 0.0936. The van der Waals surface area contributed by atoms with E-state index in [-0.39, 0.29) is 23.2 Å². The number of unbranched alkanes of at least 4 members (excludes halogenated alkanes) is 2. The number of benzene rings is 2. The van der Waals surface area contributed by atoms with Gasteiger partial charge in [-0.1, -0.05) is 50.1 Å². The van der Waals surface area contributed by atoms with Crippen molar-refractivity contribution in [3.63, 3.8) is 0 Å². The van der Waals surface area contributed by atoms with E-state index in [4.69, 9.17) is 4.74 Å². The zero-order chi connectivity index (χ0) is 23.1. The molecule has 0 aliphatic rings. The fraction of sp³-hybridized carbons (Fsp3) is 0.400. The second-order valence-corrected chi connectivity index (χ2v) is 8.09. The fourth-order valence-electron chi connectivity index (χ4n) is 3.76. The molecule has 1 atom stereocenters. The Morgan fingerprint density at radius 3 is 2.41 bits per heavy atom. The standard InChI is InChI=1S/C25H32N4O3/c1-5-6-9-16-29-25(31)21-11-8-7-10-20(21)23(27-29)24(30)26-17-22(28(2)3)18-12-14-19(32-4)15-13-18/h7-8,10-15,22H,5-6,9,16-17H2,1-4H3,(H,26,30). The Hall–Kier alpha value is -3.19. The van der Waals surface area contributed by atoms with Crippen LogP contribution >= 0.6 is 0 Å². The number of nitrogens with zero attached hydrogens (tertiary/aromatic N) is 3. The maximum Gasteiger partial charge on any atom is 0.274 e. The number of carbonyl (C=O) groups is 1. The summed E-state index contributed by atoms with van der Waals surface area (Å²) >= 11 is 0. The summed E-state index contributed by atoms with van der Waals surface area (Å²) in [6, 6.07) is 15.0. The minimum atomic E-state index is -0.286. The Labute approximate surface area is 189 Å². The van der Waals surface area contributed by atoms with Crippen molar-refractivity contribution < 1.29 is 9.53 Å². The number of fused-ring (bicyclic) bond motifs is 1. The average molecular weight is 437 g/mol. The van der Waals surface area contributed by atoms with Crippen LogP contribution in [0.1, 0.15) is 48.3 Å². The minimum Gasteiger partial charge on any atom is -0.497 e. The first-order valence-electron chi connectivity index (χ1n) is 11.0. The Morgan fingerprint density at radius 1 is 1.09 bits per heavy atom. The lowest BCUT2D eigenvalue weighted by Crippen LogP contribution is -2.36. The molecule has 1 aromatic heterocycles. The van der Waals surface area contributed by atoms with Crippen LogP contribution in [0.2, 0.25) is 0 Å². The highest BCUT2D eigenvalue weighted by Gasteiger charge is 2.20. The zero-order valence-corrected chi connectivity index (χ0v) is 19.3. The Balaban J connectivity index is 1.86. The van der Waals surface area contributed by atoms with Crippen LogP contribution in [0.15, 0.2) is 53.3 Å². The predicted molar refractivity (Wildman–Crippen MR) is 127 cm³/mol. The van der Waals surface area contributed by atoms with E-state index < -0.39 is 0 Å². The quantitative estimate of drug-likeness (QED) is 0.491. The van der Waals surface area contributed by atoms with Gasteiger partial charge in [0.05, 0.1) is 18.5 Å². The molecule has 0 saturated heterocycles. The summed E-state index contributed by atoms with van der Waals surface area (Å²) < 4.78 is 6.67. The molecule has 0 spiro atoms. The van der Waals surface area contributed by atoms with E-state index in [1.54, 1.807) is 19.2 Å². The van der Waals surface area contributed by atoms with Gasteiger partial charge in [0.15, 0.2) is 5.69 Å². The molecule has 2 aromatic carbocycles. The maximum atomic E-state index is 13.2. The molecule has 170 valence electrons. The van der Waals surface area contributed by atoms with Crippen molar-refractivity contribution in [1.29, 1.82) is 0 Å². The number of amides is 1. The van der Waals surface area contributed by atoms with Crippen molar-refractivity contribution in [2.75, 3.05) is 27.7 Å². The molecule has 3 rings (SSSR count). The van der Waals surface area contributed by atoms with Gasteiger partial charge in [-0.15, -0.1) is 0 Å². The summed E-state index contributed by atoms with van der Waals surface area (Å²) in [6.07, 6.45) is 2.91. The van der Waals surface area contributed by atoms with Gasteiger partial charge in [-0.25, -0.2) is 4.68 Å². The van der Waals surface area contributed by atoms with Crippen LogP contribution in [0.5, 0.6) is 5.75 Å². The van der Waals surface area contributed by atoms with Crippen LogP contribution in [0, 0.1) is 0 Å². The molecular weight excluding hydrogens is 404 g/mol. The maximum absolute atomic E-state index is 13.2. The molecule has 1 amide bonds. The highest BCUT2D eigenvalue weighted by atomic mass is 16.5. The van der Waals surface area contributed by atoms with Gasteiger partial charge >= 0.3 is 0 Å². The Kier molecular flexibility index (Phi) is 8.00. The zero-order valence-electron chi connectivity index (χ0n) is 19.3. The van der Waals surface area contributed by atoms with Gasteiger partial charge in [-0.3, -0.25) is 9.59 Å². The Bertz CT molecular complexity index is 1110. The molecule has 32 heavy (non-hydrogen) atoms. The first-order valence-corrected chi connectivity index (χ1v) is 11.0. The molecule has 7 nitrogen and oxygen atoms in total. The monoisotopic (exact) mass is 436 g/mol. The van der Waals surface area contributed by atoms with Crippen LogP contribution in [-0.4, -0.2) is 48.3 Å². The third kappa shape index (κ3) is 5.34. The van der Waals surface area contributed by atoms with Gasteiger partial charge in [0.2, 0.25) is 0 Å². The number of hydrogen-bond acceptors (Lipinski definition) is 5. The van der Waals surface area contributed by atoms with Crippen molar-refractivity contribution >= 4 is 16.7 Å². The molecule has 0 saturated carbocycles. The second-order valence-electron chi connectivity index (χ2n) is 8.09.